The predicted octanol–water partition coefficient (Wildman–Crippen LogP) is 4.58. The van der Waals surface area contributed by atoms with Gasteiger partial charge in [-0.25, -0.2) is 4.39 Å². The van der Waals surface area contributed by atoms with Gasteiger partial charge in [-0.2, -0.15) is 0 Å². The first-order valence-electron chi connectivity index (χ1n) is 10.1. The van der Waals surface area contributed by atoms with Crippen LogP contribution in [0.3, 0.4) is 0 Å². The summed E-state index contributed by atoms with van der Waals surface area (Å²) in [6, 6.07) is 6.19. The van der Waals surface area contributed by atoms with Crippen LogP contribution < -0.4 is 10.6 Å². The summed E-state index contributed by atoms with van der Waals surface area (Å²) >= 11 is 0. The predicted molar refractivity (Wildman–Crippen MR) is 105 cm³/mol. The van der Waals surface area contributed by atoms with Gasteiger partial charge in [-0.05, 0) is 69.9 Å². The molecule has 4 nitrogen and oxygen atoms in total. The number of nitrogens with one attached hydrogen (secondary N) is 2. The van der Waals surface area contributed by atoms with Crippen molar-refractivity contribution < 1.29 is 14.0 Å². The molecule has 3 rings (SSSR count). The highest BCUT2D eigenvalue weighted by atomic mass is 19.1. The highest BCUT2D eigenvalue weighted by Gasteiger charge is 2.30. The normalized spacial score (nSPS) is 22.6. The van der Waals surface area contributed by atoms with E-state index in [0.717, 1.165) is 12.8 Å². The number of para-hydroxylation sites is 1. The third-order valence-electron chi connectivity index (χ3n) is 5.73. The van der Waals surface area contributed by atoms with E-state index in [1.165, 1.54) is 30.9 Å². The second kappa shape index (κ2) is 9.67. The quantitative estimate of drug-likeness (QED) is 0.718. The molecule has 27 heavy (non-hydrogen) atoms. The lowest BCUT2D eigenvalue weighted by molar-refractivity contribution is -0.128. The van der Waals surface area contributed by atoms with Gasteiger partial charge in [-0.1, -0.05) is 23.8 Å². The van der Waals surface area contributed by atoms with Crippen molar-refractivity contribution in [2.45, 2.75) is 57.8 Å². The Morgan fingerprint density at radius 2 is 1.70 bits per heavy atom. The fourth-order valence-electron chi connectivity index (χ4n) is 4.04. The average molecular weight is 372 g/mol. The summed E-state index contributed by atoms with van der Waals surface area (Å²) in [5.74, 6) is -0.626. The molecule has 0 spiro atoms. The molecule has 146 valence electrons. The van der Waals surface area contributed by atoms with E-state index in [4.69, 9.17) is 0 Å². The second-order valence-electron chi connectivity index (χ2n) is 7.67. The number of amides is 2. The molecule has 0 heterocycles. The molecule has 0 unspecified atom stereocenters. The molecule has 2 amide bonds. The number of carbonyl (C=O) groups excluding carboxylic acids is 2. The maximum Gasteiger partial charge on any atom is 0.227 e. The summed E-state index contributed by atoms with van der Waals surface area (Å²) in [7, 11) is 0. The van der Waals surface area contributed by atoms with Crippen molar-refractivity contribution >= 4 is 17.5 Å². The third kappa shape index (κ3) is 5.65. The monoisotopic (exact) mass is 372 g/mol. The van der Waals surface area contributed by atoms with Crippen LogP contribution in [-0.4, -0.2) is 18.4 Å². The summed E-state index contributed by atoms with van der Waals surface area (Å²) in [5.41, 5.74) is 1.69. The number of benzene rings is 1. The molecule has 1 aromatic rings. The average Bonchev–Trinajstić information content (AvgIpc) is 2.70. The van der Waals surface area contributed by atoms with Gasteiger partial charge >= 0.3 is 0 Å². The standard InChI is InChI=1S/C22H29FN2O2/c23-19-8-4-5-9-20(19)25-22(27)18-12-10-17(11-13-18)21(26)24-15-14-16-6-2-1-3-7-16/h4-6,8-9,17-18H,1-3,7,10-15H2,(H,24,26)(H,25,27). The van der Waals surface area contributed by atoms with Crippen LogP contribution in [-0.2, 0) is 9.59 Å². The molecule has 1 aromatic carbocycles. The van der Waals surface area contributed by atoms with Gasteiger partial charge < -0.3 is 10.6 Å². The fraction of sp³-hybridized carbons (Fsp3) is 0.545. The van der Waals surface area contributed by atoms with Crippen molar-refractivity contribution in [3.63, 3.8) is 0 Å². The fourth-order valence-corrected chi connectivity index (χ4v) is 4.04. The molecule has 2 N–H and O–H groups in total. The smallest absolute Gasteiger partial charge is 0.227 e. The Balaban J connectivity index is 1.39. The van der Waals surface area contributed by atoms with Gasteiger partial charge in [-0.15, -0.1) is 0 Å². The number of carbonyl (C=O) groups is 2. The topological polar surface area (TPSA) is 58.2 Å². The van der Waals surface area contributed by atoms with E-state index < -0.39 is 5.82 Å². The van der Waals surface area contributed by atoms with Crippen molar-refractivity contribution in [2.24, 2.45) is 11.8 Å². The molecule has 0 saturated heterocycles. The van der Waals surface area contributed by atoms with E-state index in [9.17, 15) is 14.0 Å². The maximum atomic E-state index is 13.7. The molecule has 2 aliphatic carbocycles. The zero-order chi connectivity index (χ0) is 19.1. The van der Waals surface area contributed by atoms with Crippen LogP contribution >= 0.6 is 0 Å². The number of rotatable bonds is 6. The van der Waals surface area contributed by atoms with E-state index in [1.807, 2.05) is 0 Å². The van der Waals surface area contributed by atoms with Gasteiger partial charge in [0.15, 0.2) is 0 Å². The van der Waals surface area contributed by atoms with Crippen molar-refractivity contribution in [2.75, 3.05) is 11.9 Å². The number of halogens is 1. The maximum absolute atomic E-state index is 13.7. The van der Waals surface area contributed by atoms with E-state index in [-0.39, 0.29) is 29.3 Å². The van der Waals surface area contributed by atoms with E-state index in [0.29, 0.717) is 32.2 Å². The van der Waals surface area contributed by atoms with Crippen LogP contribution in [0.1, 0.15) is 57.8 Å². The lowest BCUT2D eigenvalue weighted by Crippen LogP contribution is -2.36. The lowest BCUT2D eigenvalue weighted by atomic mass is 9.81. The van der Waals surface area contributed by atoms with Gasteiger partial charge in [0.1, 0.15) is 5.82 Å². The molecule has 0 radical (unpaired) electrons. The number of anilines is 1. The lowest BCUT2D eigenvalue weighted by Gasteiger charge is -2.27. The van der Waals surface area contributed by atoms with E-state index in [2.05, 4.69) is 16.7 Å². The Kier molecular flexibility index (Phi) is 7.02. The summed E-state index contributed by atoms with van der Waals surface area (Å²) in [5, 5.41) is 5.74. The molecule has 1 saturated carbocycles. The van der Waals surface area contributed by atoms with Crippen LogP contribution in [0.4, 0.5) is 10.1 Å². The minimum atomic E-state index is -0.424. The van der Waals surface area contributed by atoms with Gasteiger partial charge in [0.25, 0.3) is 0 Å². The van der Waals surface area contributed by atoms with E-state index in [1.54, 1.807) is 18.2 Å². The van der Waals surface area contributed by atoms with Crippen molar-refractivity contribution in [1.82, 2.24) is 5.32 Å². The second-order valence-corrected chi connectivity index (χ2v) is 7.67. The first-order chi connectivity index (χ1) is 13.1. The first kappa shape index (κ1) is 19.6. The Morgan fingerprint density at radius 1 is 1.00 bits per heavy atom. The number of hydrogen-bond acceptors (Lipinski definition) is 2. The van der Waals surface area contributed by atoms with Gasteiger partial charge in [-0.3, -0.25) is 9.59 Å². The Labute approximate surface area is 160 Å². The zero-order valence-corrected chi connectivity index (χ0v) is 15.8. The summed E-state index contributed by atoms with van der Waals surface area (Å²) < 4.78 is 13.7. The molecular weight excluding hydrogens is 343 g/mol. The Bertz CT molecular complexity index is 693. The Morgan fingerprint density at radius 3 is 2.37 bits per heavy atom. The van der Waals surface area contributed by atoms with Crippen LogP contribution in [0.15, 0.2) is 35.9 Å². The molecule has 0 bridgehead atoms. The summed E-state index contributed by atoms with van der Waals surface area (Å²) in [6.45, 7) is 0.707. The van der Waals surface area contributed by atoms with Crippen LogP contribution in [0.5, 0.6) is 0 Å². The van der Waals surface area contributed by atoms with Crippen LogP contribution in [0.2, 0.25) is 0 Å². The number of allylic oxidation sites excluding steroid dienone is 1. The first-order valence-corrected chi connectivity index (χ1v) is 10.1. The number of hydrogen-bond donors (Lipinski definition) is 2. The third-order valence-corrected chi connectivity index (χ3v) is 5.73. The molecule has 0 atom stereocenters. The molecule has 1 fully saturated rings. The highest BCUT2D eigenvalue weighted by Crippen LogP contribution is 2.30. The highest BCUT2D eigenvalue weighted by molar-refractivity contribution is 5.92. The van der Waals surface area contributed by atoms with Gasteiger partial charge in [0.2, 0.25) is 11.8 Å². The SMILES string of the molecule is O=C(NCCC1=CCCCC1)C1CCC(C(=O)Nc2ccccc2F)CC1. The van der Waals surface area contributed by atoms with Crippen molar-refractivity contribution in [3.8, 4) is 0 Å². The largest absolute Gasteiger partial charge is 0.356 e. The molecule has 0 aliphatic heterocycles. The molecule has 5 heteroatoms. The minimum absolute atomic E-state index is 0.0113. The van der Waals surface area contributed by atoms with E-state index >= 15 is 0 Å². The van der Waals surface area contributed by atoms with Crippen LogP contribution in [0, 0.1) is 17.7 Å². The Hall–Kier alpha value is -2.17. The zero-order valence-electron chi connectivity index (χ0n) is 15.8. The van der Waals surface area contributed by atoms with Crippen molar-refractivity contribution in [3.05, 3.63) is 41.7 Å². The molecule has 2 aliphatic rings. The summed E-state index contributed by atoms with van der Waals surface area (Å²) in [4.78, 5) is 24.7. The van der Waals surface area contributed by atoms with Gasteiger partial charge in [0, 0.05) is 18.4 Å². The van der Waals surface area contributed by atoms with Crippen molar-refractivity contribution in [1.29, 1.82) is 0 Å². The minimum Gasteiger partial charge on any atom is -0.356 e. The van der Waals surface area contributed by atoms with Gasteiger partial charge in [0.05, 0.1) is 5.69 Å². The molecular formula is C22H29FN2O2. The van der Waals surface area contributed by atoms with Crippen LogP contribution in [0.25, 0.3) is 0 Å². The summed E-state index contributed by atoms with van der Waals surface area (Å²) in [6.07, 6.45) is 10.9. The molecule has 0 aromatic heterocycles.